The van der Waals surface area contributed by atoms with Crippen LogP contribution in [0.2, 0.25) is 19.6 Å². The zero-order valence-corrected chi connectivity index (χ0v) is 9.15. The molecule has 0 saturated heterocycles. The Kier molecular flexibility index (Phi) is 2.45. The van der Waals surface area contributed by atoms with E-state index in [0.717, 1.165) is 4.90 Å². The van der Waals surface area contributed by atoms with Gasteiger partial charge in [-0.15, -0.1) is 12.6 Å². The van der Waals surface area contributed by atoms with Gasteiger partial charge < -0.3 is 0 Å². The molecule has 0 amide bonds. The first kappa shape index (κ1) is 8.88. The monoisotopic (exact) mass is 182 g/mol. The Bertz CT molecular complexity index is 233. The zero-order chi connectivity index (χ0) is 8.48. The lowest BCUT2D eigenvalue weighted by Gasteiger charge is -2.15. The van der Waals surface area contributed by atoms with Gasteiger partial charge in [0.1, 0.15) is 0 Å². The zero-order valence-electron chi connectivity index (χ0n) is 7.26. The second-order valence-corrected chi connectivity index (χ2v) is 9.39. The van der Waals surface area contributed by atoms with E-state index in [1.807, 2.05) is 0 Å². The molecule has 60 valence electrons. The van der Waals surface area contributed by atoms with Gasteiger partial charge in [-0.2, -0.15) is 0 Å². The molecule has 1 rings (SSSR count). The van der Waals surface area contributed by atoms with Crippen molar-refractivity contribution in [3.05, 3.63) is 24.3 Å². The fourth-order valence-electron chi connectivity index (χ4n) is 0.961. The van der Waals surface area contributed by atoms with Gasteiger partial charge in [0.25, 0.3) is 0 Å². The van der Waals surface area contributed by atoms with Gasteiger partial charge in [-0.25, -0.2) is 0 Å². The molecule has 0 N–H and O–H groups in total. The molecular weight excluding hydrogens is 168 g/mol. The highest BCUT2D eigenvalue weighted by molar-refractivity contribution is 7.80. The van der Waals surface area contributed by atoms with Crippen LogP contribution in [-0.4, -0.2) is 8.07 Å². The van der Waals surface area contributed by atoms with Gasteiger partial charge in [-0.05, 0) is 12.1 Å². The molecule has 0 aliphatic rings. The van der Waals surface area contributed by atoms with Crippen LogP contribution in [0.3, 0.4) is 0 Å². The van der Waals surface area contributed by atoms with Crippen molar-refractivity contribution in [1.29, 1.82) is 0 Å². The predicted octanol–water partition coefficient (Wildman–Crippen LogP) is 2.52. The predicted molar refractivity (Wildman–Crippen MR) is 56.7 cm³/mol. The SMILES string of the molecule is C[Si](C)(C)c1ccc(S)cc1. The molecule has 2 heteroatoms. The highest BCUT2D eigenvalue weighted by Crippen LogP contribution is 2.06. The van der Waals surface area contributed by atoms with Crippen LogP contribution < -0.4 is 5.19 Å². The highest BCUT2D eigenvalue weighted by atomic mass is 32.1. The van der Waals surface area contributed by atoms with Crippen LogP contribution in [0.4, 0.5) is 0 Å². The number of rotatable bonds is 1. The second-order valence-electron chi connectivity index (χ2n) is 3.80. The Morgan fingerprint density at radius 3 is 1.82 bits per heavy atom. The third-order valence-electron chi connectivity index (χ3n) is 1.73. The first-order valence-corrected chi connectivity index (χ1v) is 7.74. The Morgan fingerprint density at radius 1 is 1.00 bits per heavy atom. The molecule has 0 radical (unpaired) electrons. The molecule has 0 atom stereocenters. The molecule has 0 aliphatic heterocycles. The van der Waals surface area contributed by atoms with Gasteiger partial charge >= 0.3 is 0 Å². The van der Waals surface area contributed by atoms with E-state index in [-0.39, 0.29) is 0 Å². The fourth-order valence-corrected chi connectivity index (χ4v) is 2.28. The summed E-state index contributed by atoms with van der Waals surface area (Å²) in [5, 5.41) is 1.50. The molecule has 0 aliphatic carbocycles. The van der Waals surface area contributed by atoms with Crippen molar-refractivity contribution in [2.45, 2.75) is 24.5 Å². The maximum atomic E-state index is 4.24. The molecule has 0 heterocycles. The number of thiol groups is 1. The smallest absolute Gasteiger partial charge is 0.0775 e. The molecule has 0 bridgehead atoms. The van der Waals surface area contributed by atoms with Crippen LogP contribution in [-0.2, 0) is 0 Å². The Hall–Kier alpha value is -0.213. The summed E-state index contributed by atoms with van der Waals surface area (Å²) in [7, 11) is -1.09. The van der Waals surface area contributed by atoms with Gasteiger partial charge in [-0.3, -0.25) is 0 Å². The maximum Gasteiger partial charge on any atom is 0.0775 e. The third kappa shape index (κ3) is 2.38. The number of hydrogen-bond acceptors (Lipinski definition) is 1. The lowest BCUT2D eigenvalue weighted by Crippen LogP contribution is -2.37. The molecule has 11 heavy (non-hydrogen) atoms. The summed E-state index contributed by atoms with van der Waals surface area (Å²) in [6.07, 6.45) is 0. The van der Waals surface area contributed by atoms with Crippen molar-refractivity contribution < 1.29 is 0 Å². The largest absolute Gasteiger partial charge is 0.143 e. The molecule has 0 saturated carbocycles. The molecule has 0 fully saturated rings. The normalized spacial score (nSPS) is 11.6. The topological polar surface area (TPSA) is 0 Å². The molecule has 0 unspecified atom stereocenters. The van der Waals surface area contributed by atoms with Crippen LogP contribution in [0.1, 0.15) is 0 Å². The molecule has 1 aromatic rings. The quantitative estimate of drug-likeness (QED) is 0.501. The molecule has 0 aromatic heterocycles. The lowest BCUT2D eigenvalue weighted by molar-refractivity contribution is 1.49. The lowest BCUT2D eigenvalue weighted by atomic mass is 10.4. The summed E-state index contributed by atoms with van der Waals surface area (Å²) in [6, 6.07) is 8.51. The van der Waals surface area contributed by atoms with Crippen molar-refractivity contribution in [1.82, 2.24) is 0 Å². The van der Waals surface area contributed by atoms with Crippen LogP contribution >= 0.6 is 12.6 Å². The Labute approximate surface area is 75.1 Å². The van der Waals surface area contributed by atoms with Crippen molar-refractivity contribution in [2.75, 3.05) is 0 Å². The van der Waals surface area contributed by atoms with E-state index < -0.39 is 8.07 Å². The second kappa shape index (κ2) is 3.03. The molecular formula is C9H14SSi. The first-order valence-electron chi connectivity index (χ1n) is 3.79. The summed E-state index contributed by atoms with van der Waals surface area (Å²) in [5.74, 6) is 0. The fraction of sp³-hybridized carbons (Fsp3) is 0.333. The van der Waals surface area contributed by atoms with Crippen LogP contribution in [0.5, 0.6) is 0 Å². The van der Waals surface area contributed by atoms with Crippen molar-refractivity contribution in [3.8, 4) is 0 Å². The molecule has 0 nitrogen and oxygen atoms in total. The van der Waals surface area contributed by atoms with E-state index in [4.69, 9.17) is 0 Å². The summed E-state index contributed by atoms with van der Waals surface area (Å²) in [5.41, 5.74) is 0. The Morgan fingerprint density at radius 2 is 1.45 bits per heavy atom. The van der Waals surface area contributed by atoms with Crippen molar-refractivity contribution >= 4 is 25.9 Å². The average Bonchev–Trinajstić information content (AvgIpc) is 1.86. The van der Waals surface area contributed by atoms with E-state index in [9.17, 15) is 0 Å². The average molecular weight is 182 g/mol. The molecule has 1 aromatic carbocycles. The van der Waals surface area contributed by atoms with Crippen LogP contribution in [0.15, 0.2) is 29.2 Å². The van der Waals surface area contributed by atoms with Crippen LogP contribution in [0, 0.1) is 0 Å². The summed E-state index contributed by atoms with van der Waals surface area (Å²) in [6.45, 7) is 7.04. The summed E-state index contributed by atoms with van der Waals surface area (Å²) in [4.78, 5) is 1.05. The number of hydrogen-bond donors (Lipinski definition) is 1. The van der Waals surface area contributed by atoms with Crippen molar-refractivity contribution in [2.24, 2.45) is 0 Å². The summed E-state index contributed by atoms with van der Waals surface area (Å²) >= 11 is 4.24. The number of benzene rings is 1. The molecule has 0 spiro atoms. The maximum absolute atomic E-state index is 4.24. The van der Waals surface area contributed by atoms with E-state index in [1.54, 1.807) is 0 Å². The third-order valence-corrected chi connectivity index (χ3v) is 4.10. The van der Waals surface area contributed by atoms with E-state index in [1.165, 1.54) is 5.19 Å². The van der Waals surface area contributed by atoms with Gasteiger partial charge in [-0.1, -0.05) is 37.0 Å². The van der Waals surface area contributed by atoms with E-state index in [0.29, 0.717) is 0 Å². The van der Waals surface area contributed by atoms with E-state index >= 15 is 0 Å². The van der Waals surface area contributed by atoms with Crippen LogP contribution in [0.25, 0.3) is 0 Å². The van der Waals surface area contributed by atoms with Gasteiger partial charge in [0, 0.05) is 4.90 Å². The van der Waals surface area contributed by atoms with Gasteiger partial charge in [0.15, 0.2) is 0 Å². The van der Waals surface area contributed by atoms with Gasteiger partial charge in [0.05, 0.1) is 8.07 Å². The van der Waals surface area contributed by atoms with E-state index in [2.05, 4.69) is 56.5 Å². The Balaban J connectivity index is 2.99. The minimum absolute atomic E-state index is 1.05. The van der Waals surface area contributed by atoms with Crippen molar-refractivity contribution in [3.63, 3.8) is 0 Å². The summed E-state index contributed by atoms with van der Waals surface area (Å²) < 4.78 is 0. The highest BCUT2D eigenvalue weighted by Gasteiger charge is 2.14. The first-order chi connectivity index (χ1) is 5.00. The minimum atomic E-state index is -1.09. The standard InChI is InChI=1S/C9H14SSi/c1-11(2,3)9-6-4-8(10)5-7-9/h4-7,10H,1-3H3. The minimum Gasteiger partial charge on any atom is -0.143 e. The van der Waals surface area contributed by atoms with Gasteiger partial charge in [0.2, 0.25) is 0 Å².